The molecule has 0 aliphatic rings. The first-order valence-corrected chi connectivity index (χ1v) is 5.70. The van der Waals surface area contributed by atoms with Crippen LogP contribution >= 0.6 is 11.8 Å². The third kappa shape index (κ3) is 3.42. The van der Waals surface area contributed by atoms with Gasteiger partial charge in [-0.15, -0.1) is 6.58 Å². The van der Waals surface area contributed by atoms with Crippen molar-refractivity contribution in [3.05, 3.63) is 36.5 Å². The second-order valence-corrected chi connectivity index (χ2v) is 4.25. The van der Waals surface area contributed by atoms with E-state index in [4.69, 9.17) is 0 Å². The van der Waals surface area contributed by atoms with Gasteiger partial charge in [-0.25, -0.2) is 4.98 Å². The molecule has 14 heavy (non-hydrogen) atoms. The van der Waals surface area contributed by atoms with Gasteiger partial charge < -0.3 is 4.90 Å². The molecule has 0 saturated heterocycles. The first kappa shape index (κ1) is 11.1. The molecule has 0 fully saturated rings. The minimum atomic E-state index is 1.000. The van der Waals surface area contributed by atoms with E-state index in [2.05, 4.69) is 23.7 Å². The van der Waals surface area contributed by atoms with Gasteiger partial charge in [-0.3, -0.25) is 0 Å². The lowest BCUT2D eigenvalue weighted by molar-refractivity contribution is 1.06. The van der Waals surface area contributed by atoms with Crippen molar-refractivity contribution >= 4 is 17.6 Å². The van der Waals surface area contributed by atoms with Gasteiger partial charge in [-0.2, -0.15) is 11.8 Å². The Bertz CT molecular complexity index is 297. The monoisotopic (exact) mass is 208 g/mol. The molecule has 1 aromatic heterocycles. The third-order valence-electron chi connectivity index (χ3n) is 1.77. The molecule has 0 aliphatic carbocycles. The summed E-state index contributed by atoms with van der Waals surface area (Å²) in [5.41, 5.74) is 1.32. The standard InChI is InChI=1S/C11H16N2S/c1-4-7-14-9-10-5-6-12-11(8-10)13(2)3/h4-6,8H,1,7,9H2,2-3H3. The zero-order valence-electron chi connectivity index (χ0n) is 8.73. The van der Waals surface area contributed by atoms with Crippen molar-refractivity contribution in [3.63, 3.8) is 0 Å². The molecule has 0 amide bonds. The molecule has 0 spiro atoms. The van der Waals surface area contributed by atoms with Gasteiger partial charge in [0.15, 0.2) is 0 Å². The van der Waals surface area contributed by atoms with Gasteiger partial charge in [-0.05, 0) is 17.7 Å². The van der Waals surface area contributed by atoms with Gasteiger partial charge in [0.05, 0.1) is 0 Å². The van der Waals surface area contributed by atoms with Crippen molar-refractivity contribution in [1.29, 1.82) is 0 Å². The van der Waals surface area contributed by atoms with Crippen molar-refractivity contribution in [2.45, 2.75) is 5.75 Å². The minimum absolute atomic E-state index is 1.000. The fourth-order valence-electron chi connectivity index (χ4n) is 1.06. The molecular weight excluding hydrogens is 192 g/mol. The molecule has 0 atom stereocenters. The Labute approximate surface area is 90.0 Å². The molecule has 0 saturated carbocycles. The fraction of sp³-hybridized carbons (Fsp3) is 0.364. The van der Waals surface area contributed by atoms with E-state index in [1.165, 1.54) is 5.56 Å². The molecule has 0 aromatic carbocycles. The molecular formula is C11H16N2S. The molecule has 76 valence electrons. The fourth-order valence-corrected chi connectivity index (χ4v) is 1.75. The number of nitrogens with zero attached hydrogens (tertiary/aromatic N) is 2. The SMILES string of the molecule is C=CCSCc1ccnc(N(C)C)c1. The number of anilines is 1. The van der Waals surface area contributed by atoms with Crippen LogP contribution in [-0.4, -0.2) is 24.8 Å². The van der Waals surface area contributed by atoms with E-state index in [0.717, 1.165) is 17.3 Å². The van der Waals surface area contributed by atoms with Crippen LogP contribution in [0.2, 0.25) is 0 Å². The lowest BCUT2D eigenvalue weighted by Gasteiger charge is -2.11. The van der Waals surface area contributed by atoms with Crippen LogP contribution < -0.4 is 4.90 Å². The predicted octanol–water partition coefficient (Wildman–Crippen LogP) is 2.57. The molecule has 0 aliphatic heterocycles. The van der Waals surface area contributed by atoms with E-state index >= 15 is 0 Å². The molecule has 1 rings (SSSR count). The summed E-state index contributed by atoms with van der Waals surface area (Å²) in [6.07, 6.45) is 3.79. The van der Waals surface area contributed by atoms with E-state index in [-0.39, 0.29) is 0 Å². The molecule has 1 heterocycles. The second-order valence-electron chi connectivity index (χ2n) is 3.22. The van der Waals surface area contributed by atoms with Crippen molar-refractivity contribution in [2.75, 3.05) is 24.7 Å². The van der Waals surface area contributed by atoms with Crippen LogP contribution in [0.3, 0.4) is 0 Å². The van der Waals surface area contributed by atoms with Gasteiger partial charge in [-0.1, -0.05) is 6.08 Å². The van der Waals surface area contributed by atoms with Crippen LogP contribution in [0.1, 0.15) is 5.56 Å². The Morgan fingerprint density at radius 3 is 3.00 bits per heavy atom. The summed E-state index contributed by atoms with van der Waals surface area (Å²) in [6, 6.07) is 4.18. The van der Waals surface area contributed by atoms with Crippen LogP contribution in [0.25, 0.3) is 0 Å². The highest BCUT2D eigenvalue weighted by Gasteiger charge is 1.98. The number of aromatic nitrogens is 1. The van der Waals surface area contributed by atoms with Crippen molar-refractivity contribution < 1.29 is 0 Å². The first-order valence-electron chi connectivity index (χ1n) is 4.55. The quantitative estimate of drug-likeness (QED) is 0.546. The molecule has 0 N–H and O–H groups in total. The van der Waals surface area contributed by atoms with Gasteiger partial charge in [0.25, 0.3) is 0 Å². The normalized spacial score (nSPS) is 9.86. The van der Waals surface area contributed by atoms with Crippen LogP contribution in [0.4, 0.5) is 5.82 Å². The number of thioether (sulfide) groups is 1. The number of rotatable bonds is 5. The lowest BCUT2D eigenvalue weighted by atomic mass is 10.3. The summed E-state index contributed by atoms with van der Waals surface area (Å²) in [4.78, 5) is 6.28. The predicted molar refractivity (Wildman–Crippen MR) is 64.9 cm³/mol. The Kier molecular flexibility index (Phi) is 4.53. The average molecular weight is 208 g/mol. The van der Waals surface area contributed by atoms with Crippen LogP contribution in [0, 0.1) is 0 Å². The summed E-state index contributed by atoms with van der Waals surface area (Å²) in [5.74, 6) is 3.04. The highest BCUT2D eigenvalue weighted by Crippen LogP contribution is 2.15. The second kappa shape index (κ2) is 5.70. The van der Waals surface area contributed by atoms with Gasteiger partial charge in [0.2, 0.25) is 0 Å². The van der Waals surface area contributed by atoms with Crippen LogP contribution in [0.5, 0.6) is 0 Å². The highest BCUT2D eigenvalue weighted by molar-refractivity contribution is 7.98. The lowest BCUT2D eigenvalue weighted by Crippen LogP contribution is -2.10. The number of hydrogen-bond donors (Lipinski definition) is 0. The molecule has 0 bridgehead atoms. The van der Waals surface area contributed by atoms with E-state index in [1.807, 2.05) is 43.0 Å². The van der Waals surface area contributed by atoms with Gasteiger partial charge in [0, 0.05) is 31.8 Å². The van der Waals surface area contributed by atoms with Crippen LogP contribution in [-0.2, 0) is 5.75 Å². The zero-order chi connectivity index (χ0) is 10.4. The summed E-state index contributed by atoms with van der Waals surface area (Å²) < 4.78 is 0. The Balaban J connectivity index is 2.59. The number of hydrogen-bond acceptors (Lipinski definition) is 3. The smallest absolute Gasteiger partial charge is 0.128 e. The van der Waals surface area contributed by atoms with E-state index in [1.54, 1.807) is 0 Å². The summed E-state index contributed by atoms with van der Waals surface area (Å²) in [6.45, 7) is 3.70. The largest absolute Gasteiger partial charge is 0.363 e. The summed E-state index contributed by atoms with van der Waals surface area (Å²) in [5, 5.41) is 0. The average Bonchev–Trinajstić information content (AvgIpc) is 2.19. The Morgan fingerprint density at radius 2 is 2.36 bits per heavy atom. The maximum Gasteiger partial charge on any atom is 0.128 e. The van der Waals surface area contributed by atoms with Crippen molar-refractivity contribution in [3.8, 4) is 0 Å². The molecule has 3 heteroatoms. The molecule has 2 nitrogen and oxygen atoms in total. The third-order valence-corrected chi connectivity index (χ3v) is 2.78. The maximum absolute atomic E-state index is 4.26. The molecule has 1 aromatic rings. The van der Waals surface area contributed by atoms with Crippen molar-refractivity contribution in [2.24, 2.45) is 0 Å². The Hall–Kier alpha value is -0.960. The minimum Gasteiger partial charge on any atom is -0.363 e. The van der Waals surface area contributed by atoms with Crippen molar-refractivity contribution in [1.82, 2.24) is 4.98 Å². The van der Waals surface area contributed by atoms with Gasteiger partial charge in [0.1, 0.15) is 5.82 Å². The van der Waals surface area contributed by atoms with Gasteiger partial charge >= 0.3 is 0 Å². The first-order chi connectivity index (χ1) is 6.74. The number of pyridine rings is 1. The maximum atomic E-state index is 4.26. The summed E-state index contributed by atoms with van der Waals surface area (Å²) >= 11 is 1.86. The Morgan fingerprint density at radius 1 is 1.57 bits per heavy atom. The molecule has 0 unspecified atom stereocenters. The highest BCUT2D eigenvalue weighted by atomic mass is 32.2. The summed E-state index contributed by atoms with van der Waals surface area (Å²) in [7, 11) is 4.01. The van der Waals surface area contributed by atoms with E-state index < -0.39 is 0 Å². The van der Waals surface area contributed by atoms with E-state index in [9.17, 15) is 0 Å². The molecule has 0 radical (unpaired) electrons. The zero-order valence-corrected chi connectivity index (χ0v) is 9.55. The van der Waals surface area contributed by atoms with E-state index in [0.29, 0.717) is 0 Å². The topological polar surface area (TPSA) is 16.1 Å². The van der Waals surface area contributed by atoms with Crippen LogP contribution in [0.15, 0.2) is 31.0 Å².